The van der Waals surface area contributed by atoms with Gasteiger partial charge in [0, 0.05) is 53.8 Å². The fraction of sp³-hybridized carbons (Fsp3) is 0.333. The number of hydrogen-bond donors (Lipinski definition) is 1. The van der Waals surface area contributed by atoms with Crippen LogP contribution in [0.4, 0.5) is 14.5 Å². The first-order valence-corrected chi connectivity index (χ1v) is 12.2. The Morgan fingerprint density at radius 3 is 2.57 bits per heavy atom. The third-order valence-corrected chi connectivity index (χ3v) is 6.93. The first-order valence-electron chi connectivity index (χ1n) is 10.9. The highest BCUT2D eigenvalue weighted by atomic mass is 35.5. The topological polar surface area (TPSA) is 84.4 Å². The van der Waals surface area contributed by atoms with Crippen molar-refractivity contribution >= 4 is 40.4 Å². The molecule has 2 amide bonds. The zero-order valence-electron chi connectivity index (χ0n) is 18.8. The summed E-state index contributed by atoms with van der Waals surface area (Å²) in [7, 11) is 0. The van der Waals surface area contributed by atoms with Crippen molar-refractivity contribution in [2.45, 2.75) is 37.0 Å². The summed E-state index contributed by atoms with van der Waals surface area (Å²) in [6, 6.07) is 7.43. The van der Waals surface area contributed by atoms with Crippen LogP contribution in [-0.2, 0) is 19.9 Å². The zero-order valence-corrected chi connectivity index (χ0v) is 20.4. The average molecular weight is 521 g/mol. The molecule has 0 spiro atoms. The van der Waals surface area contributed by atoms with Gasteiger partial charge in [0.15, 0.2) is 5.54 Å². The quantitative estimate of drug-likeness (QED) is 0.466. The van der Waals surface area contributed by atoms with Gasteiger partial charge in [-0.25, -0.2) is 13.8 Å². The standard InChI is InChI=1S/C24H23ClF2N4O3S/c1-24(16-12-17(26)14-28-13-16,23(33)30-18-6-9-34-10-7-18)31(22(32)20(25)27)19-4-2-15(3-5-19)21-29-8-11-35-21/h2-5,8,11-14,18,20H,6-7,9-10H2,1H3,(H,30,33)/t20-,24-/m0/s1. The van der Waals surface area contributed by atoms with Gasteiger partial charge in [0.2, 0.25) is 0 Å². The van der Waals surface area contributed by atoms with Gasteiger partial charge in [-0.2, -0.15) is 0 Å². The van der Waals surface area contributed by atoms with E-state index in [2.05, 4.69) is 15.3 Å². The first-order chi connectivity index (χ1) is 16.8. The molecule has 1 aliphatic heterocycles. The molecule has 1 N–H and O–H groups in total. The number of halogens is 3. The molecule has 1 saturated heterocycles. The number of thiazole rings is 1. The van der Waals surface area contributed by atoms with E-state index < -0.39 is 28.8 Å². The molecule has 1 fully saturated rings. The molecule has 0 unspecified atom stereocenters. The molecular weight excluding hydrogens is 498 g/mol. The first kappa shape index (κ1) is 25.2. The Morgan fingerprint density at radius 2 is 1.97 bits per heavy atom. The maximum atomic E-state index is 14.3. The van der Waals surface area contributed by atoms with Crippen LogP contribution in [0.1, 0.15) is 25.3 Å². The van der Waals surface area contributed by atoms with Crippen molar-refractivity contribution in [1.82, 2.24) is 15.3 Å². The van der Waals surface area contributed by atoms with Crippen molar-refractivity contribution in [3.63, 3.8) is 0 Å². The molecule has 7 nitrogen and oxygen atoms in total. The normalized spacial score (nSPS) is 16.8. The van der Waals surface area contributed by atoms with Gasteiger partial charge in [0.1, 0.15) is 10.8 Å². The SMILES string of the molecule is C[C@@](C(=O)NC1CCOCC1)(c1cncc(F)c1)N(C(=O)[C@H](F)Cl)c1ccc(-c2nccs2)cc1. The number of rotatable bonds is 7. The van der Waals surface area contributed by atoms with E-state index in [1.807, 2.05) is 5.38 Å². The highest BCUT2D eigenvalue weighted by Gasteiger charge is 2.47. The van der Waals surface area contributed by atoms with Crippen molar-refractivity contribution < 1.29 is 23.1 Å². The van der Waals surface area contributed by atoms with Crippen LogP contribution in [0.15, 0.2) is 54.3 Å². The Kier molecular flexibility index (Phi) is 7.73. The molecule has 2 atom stereocenters. The number of nitrogens with zero attached hydrogens (tertiary/aromatic N) is 3. The van der Waals surface area contributed by atoms with Crippen LogP contribution in [-0.4, -0.2) is 46.7 Å². The number of anilines is 1. The molecule has 3 aromatic rings. The van der Waals surface area contributed by atoms with Crippen LogP contribution in [0.3, 0.4) is 0 Å². The van der Waals surface area contributed by atoms with Crippen molar-refractivity contribution in [2.75, 3.05) is 18.1 Å². The molecule has 184 valence electrons. The highest BCUT2D eigenvalue weighted by Crippen LogP contribution is 2.36. The van der Waals surface area contributed by atoms with Crippen LogP contribution >= 0.6 is 22.9 Å². The van der Waals surface area contributed by atoms with E-state index in [-0.39, 0.29) is 17.3 Å². The van der Waals surface area contributed by atoms with E-state index in [0.717, 1.165) is 27.7 Å². The number of carbonyl (C=O) groups is 2. The van der Waals surface area contributed by atoms with Gasteiger partial charge in [-0.1, -0.05) is 11.6 Å². The van der Waals surface area contributed by atoms with E-state index in [1.165, 1.54) is 24.5 Å². The average Bonchev–Trinajstić information content (AvgIpc) is 3.40. The van der Waals surface area contributed by atoms with Gasteiger partial charge in [-0.3, -0.25) is 19.5 Å². The van der Waals surface area contributed by atoms with Gasteiger partial charge in [-0.15, -0.1) is 11.3 Å². The molecule has 1 aliphatic rings. The lowest BCUT2D eigenvalue weighted by molar-refractivity contribution is -0.132. The van der Waals surface area contributed by atoms with Gasteiger partial charge in [0.05, 0.1) is 6.20 Å². The summed E-state index contributed by atoms with van der Waals surface area (Å²) in [5, 5.41) is 5.50. The monoisotopic (exact) mass is 520 g/mol. The number of alkyl halides is 2. The number of nitrogens with one attached hydrogen (secondary N) is 1. The molecule has 2 aromatic heterocycles. The van der Waals surface area contributed by atoms with Crippen molar-refractivity contribution in [3.8, 4) is 10.6 Å². The molecule has 35 heavy (non-hydrogen) atoms. The lowest BCUT2D eigenvalue weighted by atomic mass is 9.88. The van der Waals surface area contributed by atoms with Crippen molar-refractivity contribution in [2.24, 2.45) is 0 Å². The Bertz CT molecular complexity index is 1170. The lowest BCUT2D eigenvalue weighted by Crippen LogP contribution is -2.60. The summed E-state index contributed by atoms with van der Waals surface area (Å²) < 4.78 is 33.9. The van der Waals surface area contributed by atoms with E-state index in [4.69, 9.17) is 16.3 Å². The maximum Gasteiger partial charge on any atom is 0.278 e. The van der Waals surface area contributed by atoms with Gasteiger partial charge < -0.3 is 10.1 Å². The van der Waals surface area contributed by atoms with Crippen LogP contribution in [0.2, 0.25) is 0 Å². The predicted octanol–water partition coefficient (Wildman–Crippen LogP) is 4.42. The second kappa shape index (κ2) is 10.8. The molecule has 3 heterocycles. The molecule has 0 aliphatic carbocycles. The number of hydrogen-bond acceptors (Lipinski definition) is 6. The number of carbonyl (C=O) groups excluding carboxylic acids is 2. The van der Waals surface area contributed by atoms with Crippen LogP contribution in [0.5, 0.6) is 0 Å². The Morgan fingerprint density at radius 1 is 1.26 bits per heavy atom. The largest absolute Gasteiger partial charge is 0.381 e. The summed E-state index contributed by atoms with van der Waals surface area (Å²) in [5.41, 5.74) is -3.26. The molecule has 1 aromatic carbocycles. The minimum atomic E-state index is -2.44. The minimum absolute atomic E-state index is 0.0664. The molecule has 0 radical (unpaired) electrons. The summed E-state index contributed by atoms with van der Waals surface area (Å²) >= 11 is 7.04. The Hall–Kier alpha value is -2.95. The highest BCUT2D eigenvalue weighted by molar-refractivity contribution is 7.13. The second-order valence-electron chi connectivity index (χ2n) is 8.18. The van der Waals surface area contributed by atoms with Gasteiger partial charge >= 0.3 is 0 Å². The third-order valence-electron chi connectivity index (χ3n) is 5.92. The number of pyridine rings is 1. The summed E-state index contributed by atoms with van der Waals surface area (Å²) in [6.07, 6.45) is 5.06. The van der Waals surface area contributed by atoms with E-state index in [1.54, 1.807) is 30.5 Å². The molecular formula is C24H23ClF2N4O3S. The number of ether oxygens (including phenoxy) is 1. The van der Waals surface area contributed by atoms with Gasteiger partial charge in [0.25, 0.3) is 17.4 Å². The molecule has 4 rings (SSSR count). The number of benzene rings is 1. The van der Waals surface area contributed by atoms with E-state index in [0.29, 0.717) is 26.1 Å². The van der Waals surface area contributed by atoms with Crippen LogP contribution in [0, 0.1) is 5.82 Å². The number of aromatic nitrogens is 2. The fourth-order valence-electron chi connectivity index (χ4n) is 4.03. The Labute approximate surface area is 210 Å². The smallest absolute Gasteiger partial charge is 0.278 e. The summed E-state index contributed by atoms with van der Waals surface area (Å²) in [4.78, 5) is 36.0. The lowest BCUT2D eigenvalue weighted by Gasteiger charge is -2.41. The molecule has 0 saturated carbocycles. The third kappa shape index (κ3) is 5.34. The van der Waals surface area contributed by atoms with Crippen molar-refractivity contribution in [3.05, 3.63) is 65.7 Å². The predicted molar refractivity (Wildman–Crippen MR) is 129 cm³/mol. The van der Waals surface area contributed by atoms with Crippen LogP contribution < -0.4 is 10.2 Å². The van der Waals surface area contributed by atoms with E-state index >= 15 is 0 Å². The number of amides is 2. The fourth-order valence-corrected chi connectivity index (χ4v) is 4.77. The van der Waals surface area contributed by atoms with Crippen LogP contribution in [0.25, 0.3) is 10.6 Å². The Balaban J connectivity index is 1.81. The maximum absolute atomic E-state index is 14.3. The molecule has 11 heteroatoms. The van der Waals surface area contributed by atoms with E-state index in [9.17, 15) is 18.4 Å². The second-order valence-corrected chi connectivity index (χ2v) is 9.46. The minimum Gasteiger partial charge on any atom is -0.381 e. The summed E-state index contributed by atoms with van der Waals surface area (Å²) in [6.45, 7) is 2.36. The van der Waals surface area contributed by atoms with Crippen molar-refractivity contribution in [1.29, 1.82) is 0 Å². The summed E-state index contributed by atoms with van der Waals surface area (Å²) in [5.74, 6) is -2.49. The van der Waals surface area contributed by atoms with Gasteiger partial charge in [-0.05, 0) is 50.1 Å². The zero-order chi connectivity index (χ0) is 25.0. The molecule has 0 bridgehead atoms.